The lowest BCUT2D eigenvalue weighted by molar-refractivity contribution is 0.0210. The number of nitrogens with zero attached hydrogens (tertiary/aromatic N) is 3. The molecule has 1 saturated heterocycles. The van der Waals surface area contributed by atoms with Crippen LogP contribution in [-0.4, -0.2) is 45.7 Å². The Labute approximate surface area is 199 Å². The molecular weight excluding hydrogens is 438 g/mol. The number of halogens is 1. The van der Waals surface area contributed by atoms with Crippen molar-refractivity contribution in [2.75, 3.05) is 24.1 Å². The largest absolute Gasteiger partial charge is 0.444 e. The SMILES string of the molecule is Cc1cccc(Cl)c1-c1cc(NC2CCN(C(=O)OC(C)(C)C)CC2)c2nc(N)ncc2c1. The number of benzene rings is 2. The van der Waals surface area contributed by atoms with Gasteiger partial charge in [-0.25, -0.2) is 14.8 Å². The number of piperidine rings is 1. The lowest BCUT2D eigenvalue weighted by atomic mass is 9.97. The van der Waals surface area contributed by atoms with Crippen molar-refractivity contribution in [3.8, 4) is 11.1 Å². The highest BCUT2D eigenvalue weighted by molar-refractivity contribution is 6.33. The second-order valence-electron chi connectivity index (χ2n) is 9.51. The molecule has 0 atom stereocenters. The van der Waals surface area contributed by atoms with Gasteiger partial charge in [0.1, 0.15) is 5.60 Å². The molecule has 2 aromatic carbocycles. The number of hydrogen-bond acceptors (Lipinski definition) is 6. The summed E-state index contributed by atoms with van der Waals surface area (Å²) < 4.78 is 5.51. The third-order valence-corrected chi connectivity index (χ3v) is 6.03. The van der Waals surface area contributed by atoms with Crippen LogP contribution in [0.2, 0.25) is 5.02 Å². The zero-order chi connectivity index (χ0) is 23.8. The highest BCUT2D eigenvalue weighted by atomic mass is 35.5. The van der Waals surface area contributed by atoms with Crippen molar-refractivity contribution >= 4 is 40.2 Å². The van der Waals surface area contributed by atoms with Gasteiger partial charge < -0.3 is 20.7 Å². The van der Waals surface area contributed by atoms with Crippen LogP contribution in [-0.2, 0) is 4.74 Å². The van der Waals surface area contributed by atoms with E-state index >= 15 is 0 Å². The van der Waals surface area contributed by atoms with Crippen LogP contribution in [0.25, 0.3) is 22.0 Å². The van der Waals surface area contributed by atoms with Crippen molar-refractivity contribution in [2.45, 2.75) is 52.2 Å². The van der Waals surface area contributed by atoms with Gasteiger partial charge in [0.05, 0.1) is 11.2 Å². The van der Waals surface area contributed by atoms with Crippen molar-refractivity contribution in [2.24, 2.45) is 0 Å². The molecule has 3 N–H and O–H groups in total. The Kier molecular flexibility index (Phi) is 6.34. The number of amides is 1. The smallest absolute Gasteiger partial charge is 0.410 e. The number of carbonyl (C=O) groups is 1. The molecule has 1 fully saturated rings. The number of nitrogen functional groups attached to an aromatic ring is 1. The fourth-order valence-corrected chi connectivity index (χ4v) is 4.49. The number of aryl methyl sites for hydroxylation is 1. The summed E-state index contributed by atoms with van der Waals surface area (Å²) in [5.41, 5.74) is 10.1. The van der Waals surface area contributed by atoms with Gasteiger partial charge in [-0.05, 0) is 69.9 Å². The van der Waals surface area contributed by atoms with Crippen LogP contribution in [0.4, 0.5) is 16.4 Å². The molecule has 1 amide bonds. The number of likely N-dealkylation sites (tertiary alicyclic amines) is 1. The quantitative estimate of drug-likeness (QED) is 0.516. The molecule has 0 saturated carbocycles. The monoisotopic (exact) mass is 467 g/mol. The molecule has 1 aromatic heterocycles. The third-order valence-electron chi connectivity index (χ3n) is 5.72. The molecule has 0 spiro atoms. The normalized spacial score (nSPS) is 15.0. The predicted octanol–water partition coefficient (Wildman–Crippen LogP) is 5.65. The molecule has 3 aromatic rings. The van der Waals surface area contributed by atoms with E-state index in [9.17, 15) is 4.79 Å². The predicted molar refractivity (Wildman–Crippen MR) is 134 cm³/mol. The summed E-state index contributed by atoms with van der Waals surface area (Å²) in [5, 5.41) is 5.22. The van der Waals surface area contributed by atoms with Gasteiger partial charge in [0, 0.05) is 41.3 Å². The fraction of sp³-hybridized carbons (Fsp3) is 0.400. The minimum atomic E-state index is -0.498. The molecule has 0 aliphatic carbocycles. The van der Waals surface area contributed by atoms with Crippen LogP contribution in [0.1, 0.15) is 39.2 Å². The maximum absolute atomic E-state index is 12.4. The molecule has 7 nitrogen and oxygen atoms in total. The van der Waals surface area contributed by atoms with E-state index in [4.69, 9.17) is 22.1 Å². The molecule has 1 aliphatic rings. The number of ether oxygens (including phenoxy) is 1. The second kappa shape index (κ2) is 9.06. The Morgan fingerprint density at radius 1 is 1.24 bits per heavy atom. The summed E-state index contributed by atoms with van der Waals surface area (Å²) >= 11 is 6.56. The number of nitrogens with two attached hydrogens (primary N) is 1. The number of rotatable bonds is 3. The number of aromatic nitrogens is 2. The van der Waals surface area contributed by atoms with Gasteiger partial charge in [-0.15, -0.1) is 0 Å². The Hall–Kier alpha value is -3.06. The van der Waals surface area contributed by atoms with E-state index < -0.39 is 5.60 Å². The average Bonchev–Trinajstić information content (AvgIpc) is 2.73. The molecular formula is C25H30ClN5O2. The Balaban J connectivity index is 1.60. The van der Waals surface area contributed by atoms with E-state index in [1.54, 1.807) is 11.1 Å². The molecule has 4 rings (SSSR count). The van der Waals surface area contributed by atoms with Crippen LogP contribution in [0.5, 0.6) is 0 Å². The highest BCUT2D eigenvalue weighted by Crippen LogP contribution is 2.36. The zero-order valence-corrected chi connectivity index (χ0v) is 20.2. The summed E-state index contributed by atoms with van der Waals surface area (Å²) in [4.78, 5) is 22.8. The maximum Gasteiger partial charge on any atom is 0.410 e. The number of fused-ring (bicyclic) bond motifs is 1. The Morgan fingerprint density at radius 3 is 2.64 bits per heavy atom. The lowest BCUT2D eigenvalue weighted by Crippen LogP contribution is -2.44. The second-order valence-corrected chi connectivity index (χ2v) is 9.91. The van der Waals surface area contributed by atoms with E-state index in [1.807, 2.05) is 52.0 Å². The summed E-state index contributed by atoms with van der Waals surface area (Å²) in [6.07, 6.45) is 3.08. The highest BCUT2D eigenvalue weighted by Gasteiger charge is 2.27. The maximum atomic E-state index is 12.4. The topological polar surface area (TPSA) is 93.4 Å². The van der Waals surface area contributed by atoms with Crippen molar-refractivity contribution in [3.63, 3.8) is 0 Å². The number of hydrogen-bond donors (Lipinski definition) is 2. The van der Waals surface area contributed by atoms with Crippen molar-refractivity contribution in [3.05, 3.63) is 47.1 Å². The van der Waals surface area contributed by atoms with Gasteiger partial charge >= 0.3 is 6.09 Å². The van der Waals surface area contributed by atoms with Crippen molar-refractivity contribution < 1.29 is 9.53 Å². The van der Waals surface area contributed by atoms with Gasteiger partial charge in [-0.1, -0.05) is 23.7 Å². The Bertz CT molecular complexity index is 1160. The first-order valence-corrected chi connectivity index (χ1v) is 11.5. The zero-order valence-electron chi connectivity index (χ0n) is 19.5. The summed E-state index contributed by atoms with van der Waals surface area (Å²) in [6, 6.07) is 10.2. The lowest BCUT2D eigenvalue weighted by Gasteiger charge is -2.34. The van der Waals surface area contributed by atoms with E-state index in [1.165, 1.54) is 0 Å². The average molecular weight is 468 g/mol. The van der Waals surface area contributed by atoms with Gasteiger partial charge in [-0.3, -0.25) is 0 Å². The number of anilines is 2. The van der Waals surface area contributed by atoms with Gasteiger partial charge in [0.2, 0.25) is 5.95 Å². The van der Waals surface area contributed by atoms with Crippen LogP contribution in [0.3, 0.4) is 0 Å². The first kappa shape index (κ1) is 23.1. The standard InChI is InChI=1S/C25H30ClN5O2/c1-15-6-5-7-19(26)21(15)16-12-17-14-28-23(27)30-22(17)20(13-16)29-18-8-10-31(11-9-18)24(32)33-25(2,3)4/h5-7,12-14,18,29H,8-11H2,1-4H3,(H2,27,28,30). The van der Waals surface area contributed by atoms with E-state index in [0.717, 1.165) is 46.1 Å². The third kappa shape index (κ3) is 5.30. The summed E-state index contributed by atoms with van der Waals surface area (Å²) in [6.45, 7) is 8.95. The molecule has 2 heterocycles. The molecule has 33 heavy (non-hydrogen) atoms. The van der Waals surface area contributed by atoms with Crippen LogP contribution in [0.15, 0.2) is 36.5 Å². The first-order valence-electron chi connectivity index (χ1n) is 11.2. The molecule has 0 bridgehead atoms. The van der Waals surface area contributed by atoms with Crippen molar-refractivity contribution in [1.82, 2.24) is 14.9 Å². The van der Waals surface area contributed by atoms with E-state index in [-0.39, 0.29) is 18.1 Å². The van der Waals surface area contributed by atoms with Crippen LogP contribution < -0.4 is 11.1 Å². The number of nitrogens with one attached hydrogen (secondary N) is 1. The van der Waals surface area contributed by atoms with Crippen LogP contribution >= 0.6 is 11.6 Å². The van der Waals surface area contributed by atoms with Crippen LogP contribution in [0, 0.1) is 6.92 Å². The van der Waals surface area contributed by atoms with Gasteiger partial charge in [0.15, 0.2) is 0 Å². The van der Waals surface area contributed by atoms with E-state index in [0.29, 0.717) is 18.1 Å². The fourth-order valence-electron chi connectivity index (χ4n) is 4.16. The molecule has 0 unspecified atom stereocenters. The Morgan fingerprint density at radius 2 is 1.97 bits per heavy atom. The summed E-state index contributed by atoms with van der Waals surface area (Å²) in [5.74, 6) is 0.229. The first-order chi connectivity index (χ1) is 15.6. The molecule has 1 aliphatic heterocycles. The number of carbonyl (C=O) groups excluding carboxylic acids is 1. The molecule has 8 heteroatoms. The van der Waals surface area contributed by atoms with E-state index in [2.05, 4.69) is 21.4 Å². The minimum absolute atomic E-state index is 0.186. The van der Waals surface area contributed by atoms with Gasteiger partial charge in [-0.2, -0.15) is 0 Å². The van der Waals surface area contributed by atoms with Gasteiger partial charge in [0.25, 0.3) is 0 Å². The minimum Gasteiger partial charge on any atom is -0.444 e. The molecule has 174 valence electrons. The molecule has 0 radical (unpaired) electrons. The summed E-state index contributed by atoms with van der Waals surface area (Å²) in [7, 11) is 0. The van der Waals surface area contributed by atoms with Crippen molar-refractivity contribution in [1.29, 1.82) is 0 Å².